The summed E-state index contributed by atoms with van der Waals surface area (Å²) in [7, 11) is 1.78. The Hall–Kier alpha value is -2.05. The third-order valence-electron chi connectivity index (χ3n) is 4.04. The van der Waals surface area contributed by atoms with Crippen LogP contribution < -0.4 is 5.32 Å². The van der Waals surface area contributed by atoms with Crippen molar-refractivity contribution in [3.05, 3.63) is 39.9 Å². The van der Waals surface area contributed by atoms with Crippen molar-refractivity contribution in [2.24, 2.45) is 7.05 Å². The molecule has 0 saturated carbocycles. The number of fused-ring (bicyclic) bond motifs is 3. The van der Waals surface area contributed by atoms with Crippen molar-refractivity contribution >= 4 is 34.8 Å². The predicted octanol–water partition coefficient (Wildman–Crippen LogP) is 3.59. The van der Waals surface area contributed by atoms with Crippen molar-refractivity contribution in [1.82, 2.24) is 24.3 Å². The van der Waals surface area contributed by atoms with E-state index in [4.69, 9.17) is 23.2 Å². The molecule has 0 aliphatic carbocycles. The summed E-state index contributed by atoms with van der Waals surface area (Å²) in [6.45, 7) is 2.89. The van der Waals surface area contributed by atoms with Gasteiger partial charge in [0, 0.05) is 25.4 Å². The van der Waals surface area contributed by atoms with Crippen LogP contribution in [0.15, 0.2) is 18.5 Å². The van der Waals surface area contributed by atoms with Gasteiger partial charge in [0.25, 0.3) is 0 Å². The topological polar surface area (TPSA) is 60.6 Å². The summed E-state index contributed by atoms with van der Waals surface area (Å²) in [5, 5.41) is 8.47. The van der Waals surface area contributed by atoms with Crippen LogP contribution in [0.5, 0.6) is 0 Å². The minimum absolute atomic E-state index is 0.490. The quantitative estimate of drug-likeness (QED) is 0.768. The molecule has 3 aromatic rings. The second kappa shape index (κ2) is 5.25. The molecule has 1 aliphatic rings. The highest BCUT2D eigenvalue weighted by Gasteiger charge is 2.23. The van der Waals surface area contributed by atoms with Gasteiger partial charge in [0.15, 0.2) is 0 Å². The maximum atomic E-state index is 6.30. The van der Waals surface area contributed by atoms with E-state index in [0.29, 0.717) is 16.8 Å². The Morgan fingerprint density at radius 1 is 1.26 bits per heavy atom. The van der Waals surface area contributed by atoms with Crippen molar-refractivity contribution in [3.8, 4) is 11.4 Å². The fourth-order valence-electron chi connectivity index (χ4n) is 2.89. The van der Waals surface area contributed by atoms with Crippen molar-refractivity contribution in [2.45, 2.75) is 19.9 Å². The number of hydrogen-bond acceptors (Lipinski definition) is 4. The first-order chi connectivity index (χ1) is 11.0. The highest BCUT2D eigenvalue weighted by molar-refractivity contribution is 6.32. The molecule has 1 aliphatic heterocycles. The van der Waals surface area contributed by atoms with Gasteiger partial charge in [-0.05, 0) is 25.0 Å². The molecular formula is C15H14Cl2N6. The van der Waals surface area contributed by atoms with E-state index in [2.05, 4.69) is 25.0 Å². The molecule has 0 saturated heterocycles. The number of hydrogen-bond donors (Lipinski definition) is 1. The second-order valence-electron chi connectivity index (χ2n) is 5.57. The molecule has 0 unspecified atom stereocenters. The molecule has 0 spiro atoms. The standard InChI is InChI=1S/C15H14Cl2N6/c1-8-5-11(16)23-4-3-9-6-18-15(21-12(9)13(8)23)20-10-7-19-22(2)14(10)17/h5-7H,3-4H2,1-2H3,(H,18,20,21). The molecule has 0 atom stereocenters. The maximum absolute atomic E-state index is 6.30. The van der Waals surface area contributed by atoms with Gasteiger partial charge in [0.05, 0.1) is 23.3 Å². The molecule has 0 fully saturated rings. The number of nitrogens with zero attached hydrogens (tertiary/aromatic N) is 5. The number of anilines is 2. The number of halogens is 2. The van der Waals surface area contributed by atoms with E-state index in [-0.39, 0.29) is 0 Å². The molecule has 0 bridgehead atoms. The van der Waals surface area contributed by atoms with Crippen molar-refractivity contribution in [1.29, 1.82) is 0 Å². The van der Waals surface area contributed by atoms with Crippen LogP contribution in [0.3, 0.4) is 0 Å². The number of aryl methyl sites for hydroxylation is 3. The van der Waals surface area contributed by atoms with Crippen LogP contribution in [0.25, 0.3) is 11.4 Å². The van der Waals surface area contributed by atoms with E-state index in [9.17, 15) is 0 Å². The van der Waals surface area contributed by atoms with E-state index in [1.54, 1.807) is 17.9 Å². The summed E-state index contributed by atoms with van der Waals surface area (Å²) < 4.78 is 3.67. The molecule has 4 rings (SSSR count). The van der Waals surface area contributed by atoms with E-state index in [1.165, 1.54) is 0 Å². The lowest BCUT2D eigenvalue weighted by molar-refractivity contribution is 0.681. The molecule has 0 radical (unpaired) electrons. The van der Waals surface area contributed by atoms with Gasteiger partial charge >= 0.3 is 0 Å². The zero-order valence-corrected chi connectivity index (χ0v) is 14.2. The molecule has 8 heteroatoms. The van der Waals surface area contributed by atoms with Gasteiger partial charge in [-0.2, -0.15) is 5.10 Å². The summed E-state index contributed by atoms with van der Waals surface area (Å²) in [4.78, 5) is 9.06. The Labute approximate surface area is 143 Å². The van der Waals surface area contributed by atoms with Crippen molar-refractivity contribution in [2.75, 3.05) is 5.32 Å². The van der Waals surface area contributed by atoms with Gasteiger partial charge in [-0.15, -0.1) is 0 Å². The lowest BCUT2D eigenvalue weighted by Gasteiger charge is -2.20. The minimum Gasteiger partial charge on any atom is -0.330 e. The van der Waals surface area contributed by atoms with Gasteiger partial charge < -0.3 is 9.88 Å². The Kier molecular flexibility index (Phi) is 3.32. The van der Waals surface area contributed by atoms with Gasteiger partial charge in [-0.25, -0.2) is 9.97 Å². The molecule has 0 aromatic carbocycles. The molecule has 4 heterocycles. The number of nitrogens with one attached hydrogen (secondary N) is 1. The van der Waals surface area contributed by atoms with Crippen LogP contribution in [0.4, 0.5) is 11.6 Å². The Morgan fingerprint density at radius 2 is 2.09 bits per heavy atom. The minimum atomic E-state index is 0.490. The molecule has 1 N–H and O–H groups in total. The number of rotatable bonds is 2. The summed E-state index contributed by atoms with van der Waals surface area (Å²) in [5.74, 6) is 0.490. The first kappa shape index (κ1) is 14.5. The lowest BCUT2D eigenvalue weighted by Crippen LogP contribution is -2.14. The average molecular weight is 349 g/mol. The van der Waals surface area contributed by atoms with Gasteiger partial charge in [-0.3, -0.25) is 4.68 Å². The van der Waals surface area contributed by atoms with Gasteiger partial charge in [0.2, 0.25) is 5.95 Å². The first-order valence-electron chi connectivity index (χ1n) is 7.21. The molecule has 23 heavy (non-hydrogen) atoms. The smallest absolute Gasteiger partial charge is 0.227 e. The van der Waals surface area contributed by atoms with E-state index in [1.807, 2.05) is 19.2 Å². The highest BCUT2D eigenvalue weighted by Crippen LogP contribution is 2.35. The fourth-order valence-corrected chi connectivity index (χ4v) is 3.36. The second-order valence-corrected chi connectivity index (χ2v) is 6.31. The van der Waals surface area contributed by atoms with Gasteiger partial charge in [0.1, 0.15) is 10.3 Å². The van der Waals surface area contributed by atoms with Crippen LogP contribution in [-0.2, 0) is 20.0 Å². The molecule has 118 valence electrons. The maximum Gasteiger partial charge on any atom is 0.227 e. The fraction of sp³-hybridized carbons (Fsp3) is 0.267. The third kappa shape index (κ3) is 2.29. The summed E-state index contributed by atoms with van der Waals surface area (Å²) in [6, 6.07) is 1.97. The molecule has 0 amide bonds. The van der Waals surface area contributed by atoms with Crippen LogP contribution in [0, 0.1) is 6.92 Å². The van der Waals surface area contributed by atoms with Crippen molar-refractivity contribution in [3.63, 3.8) is 0 Å². The zero-order valence-electron chi connectivity index (χ0n) is 12.6. The van der Waals surface area contributed by atoms with E-state index >= 15 is 0 Å². The van der Waals surface area contributed by atoms with E-state index < -0.39 is 0 Å². The Morgan fingerprint density at radius 3 is 2.83 bits per heavy atom. The SMILES string of the molecule is Cc1cc(Cl)n2c1-c1nc(Nc3cnn(C)c3Cl)ncc1CC2. The molecule has 3 aromatic heterocycles. The molecule has 6 nitrogen and oxygen atoms in total. The van der Waals surface area contributed by atoms with Crippen molar-refractivity contribution < 1.29 is 0 Å². The largest absolute Gasteiger partial charge is 0.330 e. The summed E-state index contributed by atoms with van der Waals surface area (Å²) in [5.41, 5.74) is 4.88. The van der Waals surface area contributed by atoms with Crippen LogP contribution >= 0.6 is 23.2 Å². The Balaban J connectivity index is 1.78. The molecular weight excluding hydrogens is 335 g/mol. The third-order valence-corrected chi connectivity index (χ3v) is 4.80. The summed E-state index contributed by atoms with van der Waals surface area (Å²) >= 11 is 12.5. The van der Waals surface area contributed by atoms with Gasteiger partial charge in [-0.1, -0.05) is 23.2 Å². The van der Waals surface area contributed by atoms with Crippen LogP contribution in [-0.4, -0.2) is 24.3 Å². The predicted molar refractivity (Wildman–Crippen MR) is 90.4 cm³/mol. The highest BCUT2D eigenvalue weighted by atomic mass is 35.5. The normalized spacial score (nSPS) is 12.9. The first-order valence-corrected chi connectivity index (χ1v) is 7.96. The monoisotopic (exact) mass is 348 g/mol. The zero-order chi connectivity index (χ0) is 16.1. The van der Waals surface area contributed by atoms with Crippen LogP contribution in [0.1, 0.15) is 11.1 Å². The van der Waals surface area contributed by atoms with E-state index in [0.717, 1.165) is 40.6 Å². The average Bonchev–Trinajstić information content (AvgIpc) is 3.01. The summed E-state index contributed by atoms with van der Waals surface area (Å²) in [6.07, 6.45) is 4.37. The Bertz CT molecular complexity index is 911. The lowest BCUT2D eigenvalue weighted by atomic mass is 10.0. The van der Waals surface area contributed by atoms with Crippen LogP contribution in [0.2, 0.25) is 10.3 Å². The number of aromatic nitrogens is 5.